The van der Waals surface area contributed by atoms with Crippen LogP contribution in [-0.2, 0) is 5.54 Å². The Labute approximate surface area is 120 Å². The molecule has 1 aromatic heterocycles. The summed E-state index contributed by atoms with van der Waals surface area (Å²) in [6, 6.07) is 0. The van der Waals surface area contributed by atoms with Gasteiger partial charge in [-0.3, -0.25) is 9.48 Å². The van der Waals surface area contributed by atoms with Crippen LogP contribution in [0.25, 0.3) is 0 Å². The van der Waals surface area contributed by atoms with E-state index in [0.29, 0.717) is 12.1 Å². The van der Waals surface area contributed by atoms with Crippen LogP contribution in [0.2, 0.25) is 0 Å². The van der Waals surface area contributed by atoms with Crippen molar-refractivity contribution in [3.05, 3.63) is 18.0 Å². The fourth-order valence-corrected chi connectivity index (χ4v) is 2.54. The van der Waals surface area contributed by atoms with Crippen molar-refractivity contribution in [2.75, 3.05) is 6.54 Å². The highest BCUT2D eigenvalue weighted by molar-refractivity contribution is 5.93. The second-order valence-electron chi connectivity index (χ2n) is 6.81. The van der Waals surface area contributed by atoms with Crippen molar-refractivity contribution in [3.8, 4) is 0 Å². The van der Waals surface area contributed by atoms with Crippen LogP contribution in [-0.4, -0.2) is 32.9 Å². The Hall–Kier alpha value is -1.36. The monoisotopic (exact) mass is 279 g/mol. The predicted molar refractivity (Wildman–Crippen MR) is 77.6 cm³/mol. The Bertz CT molecular complexity index is 468. The summed E-state index contributed by atoms with van der Waals surface area (Å²) in [5.41, 5.74) is -0.326. The molecule has 1 fully saturated rings. The smallest absolute Gasteiger partial charge is 0.254 e. The van der Waals surface area contributed by atoms with Crippen LogP contribution in [0.5, 0.6) is 0 Å². The quantitative estimate of drug-likeness (QED) is 0.890. The molecule has 20 heavy (non-hydrogen) atoms. The van der Waals surface area contributed by atoms with Crippen molar-refractivity contribution < 1.29 is 9.90 Å². The third-order valence-electron chi connectivity index (χ3n) is 3.89. The maximum absolute atomic E-state index is 12.1. The molecule has 112 valence electrons. The molecule has 1 aromatic rings. The van der Waals surface area contributed by atoms with Gasteiger partial charge in [0.1, 0.15) is 0 Å². The number of carbonyl (C=O) groups is 1. The number of rotatable bonds is 3. The maximum Gasteiger partial charge on any atom is 0.254 e. The van der Waals surface area contributed by atoms with Crippen LogP contribution < -0.4 is 5.32 Å². The molecule has 1 aliphatic carbocycles. The SMILES string of the molecule is CC(C)(C)n1cc(C(=O)NCC2(O)CCCCC2)cn1. The van der Waals surface area contributed by atoms with Crippen LogP contribution in [0.4, 0.5) is 0 Å². The molecule has 0 radical (unpaired) electrons. The largest absolute Gasteiger partial charge is 0.388 e. The molecule has 0 saturated heterocycles. The van der Waals surface area contributed by atoms with Crippen molar-refractivity contribution in [1.82, 2.24) is 15.1 Å². The lowest BCUT2D eigenvalue weighted by Gasteiger charge is -2.32. The Morgan fingerprint density at radius 3 is 2.60 bits per heavy atom. The van der Waals surface area contributed by atoms with Gasteiger partial charge in [0.05, 0.1) is 22.9 Å². The second-order valence-corrected chi connectivity index (χ2v) is 6.81. The van der Waals surface area contributed by atoms with Crippen molar-refractivity contribution >= 4 is 5.91 Å². The van der Waals surface area contributed by atoms with Crippen molar-refractivity contribution in [3.63, 3.8) is 0 Å². The highest BCUT2D eigenvalue weighted by Gasteiger charge is 2.29. The number of nitrogens with zero attached hydrogens (tertiary/aromatic N) is 2. The van der Waals surface area contributed by atoms with E-state index < -0.39 is 5.60 Å². The molecule has 0 unspecified atom stereocenters. The molecule has 1 saturated carbocycles. The third kappa shape index (κ3) is 3.60. The lowest BCUT2D eigenvalue weighted by Crippen LogP contribution is -2.44. The normalized spacial score (nSPS) is 18.8. The zero-order chi connectivity index (χ0) is 14.8. The standard InChI is InChI=1S/C15H25N3O2/c1-14(2,3)18-10-12(9-17-18)13(19)16-11-15(20)7-5-4-6-8-15/h9-10,20H,4-8,11H2,1-3H3,(H,16,19). The van der Waals surface area contributed by atoms with E-state index >= 15 is 0 Å². The van der Waals surface area contributed by atoms with Gasteiger partial charge in [0, 0.05) is 12.7 Å². The summed E-state index contributed by atoms with van der Waals surface area (Å²) in [5, 5.41) is 17.4. The average molecular weight is 279 g/mol. The summed E-state index contributed by atoms with van der Waals surface area (Å²) in [6.45, 7) is 6.43. The molecule has 0 bridgehead atoms. The Kier molecular flexibility index (Phi) is 4.18. The minimum Gasteiger partial charge on any atom is -0.388 e. The fraction of sp³-hybridized carbons (Fsp3) is 0.733. The van der Waals surface area contributed by atoms with E-state index in [1.54, 1.807) is 17.1 Å². The highest BCUT2D eigenvalue weighted by Crippen LogP contribution is 2.27. The van der Waals surface area contributed by atoms with Gasteiger partial charge in [0.2, 0.25) is 0 Å². The molecular weight excluding hydrogens is 254 g/mol. The van der Waals surface area contributed by atoms with Gasteiger partial charge < -0.3 is 10.4 Å². The first-order valence-corrected chi connectivity index (χ1v) is 7.36. The van der Waals surface area contributed by atoms with Gasteiger partial charge in [0.15, 0.2) is 0 Å². The number of hydrogen-bond donors (Lipinski definition) is 2. The number of aliphatic hydroxyl groups is 1. The van der Waals surface area contributed by atoms with Crippen LogP contribution in [0.3, 0.4) is 0 Å². The van der Waals surface area contributed by atoms with E-state index in [4.69, 9.17) is 0 Å². The van der Waals surface area contributed by atoms with E-state index in [9.17, 15) is 9.90 Å². The molecule has 5 nitrogen and oxygen atoms in total. The van der Waals surface area contributed by atoms with Gasteiger partial charge in [-0.1, -0.05) is 19.3 Å². The Morgan fingerprint density at radius 1 is 1.40 bits per heavy atom. The summed E-state index contributed by atoms with van der Waals surface area (Å²) in [5.74, 6) is -0.167. The zero-order valence-corrected chi connectivity index (χ0v) is 12.6. The molecule has 1 heterocycles. The number of hydrogen-bond acceptors (Lipinski definition) is 3. The van der Waals surface area contributed by atoms with Gasteiger partial charge in [-0.25, -0.2) is 0 Å². The molecule has 2 rings (SSSR count). The molecule has 1 aliphatic rings. The van der Waals surface area contributed by atoms with Gasteiger partial charge in [-0.15, -0.1) is 0 Å². The molecule has 2 N–H and O–H groups in total. The summed E-state index contributed by atoms with van der Waals surface area (Å²) in [6.07, 6.45) is 8.12. The summed E-state index contributed by atoms with van der Waals surface area (Å²) >= 11 is 0. The molecule has 0 aliphatic heterocycles. The van der Waals surface area contributed by atoms with Crippen LogP contribution >= 0.6 is 0 Å². The van der Waals surface area contributed by atoms with Gasteiger partial charge in [-0.05, 0) is 33.6 Å². The number of aromatic nitrogens is 2. The van der Waals surface area contributed by atoms with Crippen LogP contribution in [0, 0.1) is 0 Å². The van der Waals surface area contributed by atoms with Gasteiger partial charge in [0.25, 0.3) is 5.91 Å². The molecule has 0 aromatic carbocycles. The van der Waals surface area contributed by atoms with E-state index in [1.807, 2.05) is 20.8 Å². The van der Waals surface area contributed by atoms with Crippen molar-refractivity contribution in [2.24, 2.45) is 0 Å². The van der Waals surface area contributed by atoms with E-state index in [0.717, 1.165) is 25.7 Å². The van der Waals surface area contributed by atoms with Gasteiger partial charge in [-0.2, -0.15) is 5.10 Å². The summed E-state index contributed by atoms with van der Waals surface area (Å²) in [7, 11) is 0. The average Bonchev–Trinajstić information content (AvgIpc) is 2.86. The number of carbonyl (C=O) groups excluding carboxylic acids is 1. The first kappa shape index (κ1) is 15.0. The zero-order valence-electron chi connectivity index (χ0n) is 12.6. The Balaban J connectivity index is 1.93. The van der Waals surface area contributed by atoms with Crippen molar-refractivity contribution in [2.45, 2.75) is 64.0 Å². The molecular formula is C15H25N3O2. The Morgan fingerprint density at radius 2 is 2.05 bits per heavy atom. The van der Waals surface area contributed by atoms with Gasteiger partial charge >= 0.3 is 0 Å². The number of amides is 1. The molecule has 0 atom stereocenters. The minimum atomic E-state index is -0.728. The van der Waals surface area contributed by atoms with Crippen molar-refractivity contribution in [1.29, 1.82) is 0 Å². The summed E-state index contributed by atoms with van der Waals surface area (Å²) in [4.78, 5) is 12.1. The van der Waals surface area contributed by atoms with Crippen LogP contribution in [0.1, 0.15) is 63.2 Å². The lowest BCUT2D eigenvalue weighted by molar-refractivity contribution is 0.00525. The lowest BCUT2D eigenvalue weighted by atomic mass is 9.85. The number of nitrogens with one attached hydrogen (secondary N) is 1. The maximum atomic E-state index is 12.1. The fourth-order valence-electron chi connectivity index (χ4n) is 2.54. The minimum absolute atomic E-state index is 0.139. The molecule has 0 spiro atoms. The molecule has 5 heteroatoms. The first-order valence-electron chi connectivity index (χ1n) is 7.36. The third-order valence-corrected chi connectivity index (χ3v) is 3.89. The topological polar surface area (TPSA) is 67.2 Å². The highest BCUT2D eigenvalue weighted by atomic mass is 16.3. The predicted octanol–water partition coefficient (Wildman–Crippen LogP) is 2.06. The van der Waals surface area contributed by atoms with E-state index in [-0.39, 0.29) is 11.4 Å². The van der Waals surface area contributed by atoms with E-state index in [1.165, 1.54) is 6.42 Å². The first-order chi connectivity index (χ1) is 9.30. The molecule has 1 amide bonds. The van der Waals surface area contributed by atoms with E-state index in [2.05, 4.69) is 10.4 Å². The summed E-state index contributed by atoms with van der Waals surface area (Å²) < 4.78 is 1.78. The second kappa shape index (κ2) is 5.56. The van der Waals surface area contributed by atoms with Crippen LogP contribution in [0.15, 0.2) is 12.4 Å².